The zero-order chi connectivity index (χ0) is 24.2. The molecule has 11 nitrogen and oxygen atoms in total. The van der Waals surface area contributed by atoms with Gasteiger partial charge in [-0.1, -0.05) is 0 Å². The highest BCUT2D eigenvalue weighted by atomic mass is 16.5. The first-order chi connectivity index (χ1) is 17.1. The van der Waals surface area contributed by atoms with Gasteiger partial charge in [0.15, 0.2) is 0 Å². The Morgan fingerprint density at radius 1 is 1.26 bits per heavy atom. The zero-order valence-electron chi connectivity index (χ0n) is 19.6. The third kappa shape index (κ3) is 4.94. The van der Waals surface area contributed by atoms with Crippen molar-refractivity contribution in [1.82, 2.24) is 25.1 Å². The number of nitrogens with one attached hydrogen (secondary N) is 4. The number of carbonyl (C=O) groups excluding carboxylic acids is 1. The van der Waals surface area contributed by atoms with Gasteiger partial charge in [-0.3, -0.25) is 10.4 Å². The van der Waals surface area contributed by atoms with Gasteiger partial charge in [-0.25, -0.2) is 14.8 Å². The molecule has 0 bridgehead atoms. The number of hydrogen-bond acceptors (Lipinski definition) is 8. The number of hydrogen-bond donors (Lipinski definition) is 4. The summed E-state index contributed by atoms with van der Waals surface area (Å²) in [5.74, 6) is 2.50. The maximum absolute atomic E-state index is 12.4. The number of aromatic nitrogens is 4. The number of ether oxygens (including phenoxy) is 1. The molecule has 35 heavy (non-hydrogen) atoms. The molecule has 4 N–H and O–H groups in total. The lowest BCUT2D eigenvalue weighted by Crippen LogP contribution is -2.44. The second-order valence-electron chi connectivity index (χ2n) is 8.70. The fourth-order valence-corrected chi connectivity index (χ4v) is 4.43. The van der Waals surface area contributed by atoms with Crippen molar-refractivity contribution in [2.24, 2.45) is 0 Å². The molecule has 2 aliphatic heterocycles. The van der Waals surface area contributed by atoms with Gasteiger partial charge in [-0.05, 0) is 43.5 Å². The first kappa shape index (κ1) is 22.8. The minimum atomic E-state index is -0.124. The van der Waals surface area contributed by atoms with Gasteiger partial charge in [0, 0.05) is 49.2 Å². The maximum atomic E-state index is 12.4. The van der Waals surface area contributed by atoms with Gasteiger partial charge in [-0.2, -0.15) is 5.10 Å². The molecule has 0 saturated carbocycles. The molecule has 5 rings (SSSR count). The molecule has 0 spiro atoms. The summed E-state index contributed by atoms with van der Waals surface area (Å²) in [6.45, 7) is 5.63. The lowest BCUT2D eigenvalue weighted by Gasteiger charge is -2.35. The number of nitrogens with zero attached hydrogens (tertiary/aromatic N) is 5. The van der Waals surface area contributed by atoms with Gasteiger partial charge < -0.3 is 25.3 Å². The Bertz CT molecular complexity index is 1170. The van der Waals surface area contributed by atoms with Crippen molar-refractivity contribution in [3.05, 3.63) is 42.2 Å². The highest BCUT2D eigenvalue weighted by molar-refractivity contribution is 5.96. The Hall–Kier alpha value is -3.99. The average Bonchev–Trinajstić information content (AvgIpc) is 3.59. The van der Waals surface area contributed by atoms with Gasteiger partial charge in [0.2, 0.25) is 0 Å². The summed E-state index contributed by atoms with van der Waals surface area (Å²) in [6.07, 6.45) is 6.73. The number of amides is 2. The van der Waals surface area contributed by atoms with E-state index in [4.69, 9.17) is 15.1 Å². The third-order valence-electron chi connectivity index (χ3n) is 6.31. The summed E-state index contributed by atoms with van der Waals surface area (Å²) in [5.41, 5.74) is 2.26. The van der Waals surface area contributed by atoms with Crippen molar-refractivity contribution in [1.29, 1.82) is 5.41 Å². The molecule has 2 fully saturated rings. The monoisotopic (exact) mass is 475 g/mol. The molecule has 11 heteroatoms. The van der Waals surface area contributed by atoms with E-state index >= 15 is 0 Å². The summed E-state index contributed by atoms with van der Waals surface area (Å²) >= 11 is 0. The van der Waals surface area contributed by atoms with Gasteiger partial charge in [-0.15, -0.1) is 0 Å². The van der Waals surface area contributed by atoms with Crippen LogP contribution in [0.15, 0.2) is 36.7 Å². The van der Waals surface area contributed by atoms with E-state index in [1.54, 1.807) is 29.4 Å². The summed E-state index contributed by atoms with van der Waals surface area (Å²) in [6, 6.07) is 7.52. The molecule has 0 radical (unpaired) electrons. The minimum Gasteiger partial charge on any atom is -0.377 e. The summed E-state index contributed by atoms with van der Waals surface area (Å²) in [7, 11) is 0. The van der Waals surface area contributed by atoms with Crippen molar-refractivity contribution in [3.8, 4) is 11.1 Å². The Labute approximate surface area is 203 Å². The summed E-state index contributed by atoms with van der Waals surface area (Å²) < 4.78 is 5.61. The van der Waals surface area contributed by atoms with Crippen molar-refractivity contribution >= 4 is 35.5 Å². The number of rotatable bonds is 6. The van der Waals surface area contributed by atoms with Crippen LogP contribution in [-0.4, -0.2) is 76.2 Å². The van der Waals surface area contributed by atoms with Crippen LogP contribution in [0.2, 0.25) is 0 Å². The van der Waals surface area contributed by atoms with E-state index in [1.165, 1.54) is 6.21 Å². The highest BCUT2D eigenvalue weighted by Crippen LogP contribution is 2.33. The molecule has 0 aliphatic carbocycles. The molecule has 0 aromatic carbocycles. The van der Waals surface area contributed by atoms with E-state index in [2.05, 4.69) is 37.6 Å². The van der Waals surface area contributed by atoms with Crippen LogP contribution in [0.1, 0.15) is 25.3 Å². The standard InChI is InChI=1S/C24H29N9O2/c1-16-15-35-11-10-33(16)22-12-18(19(13-25)23(30-22)28-21-6-7-27-31-21)17-4-5-20(26-14-17)29-24(34)32-8-2-3-9-32/h4-7,12-14,16,25H,2-3,8-11,15H2,1H3,(H,26,29,34)(H2,27,28,30,31)/t16-/m1/s1. The van der Waals surface area contributed by atoms with E-state index in [0.29, 0.717) is 36.2 Å². The molecule has 182 valence electrons. The predicted octanol–water partition coefficient (Wildman–Crippen LogP) is 3.46. The van der Waals surface area contributed by atoms with Gasteiger partial charge >= 0.3 is 6.03 Å². The predicted molar refractivity (Wildman–Crippen MR) is 135 cm³/mol. The molecule has 2 aliphatic rings. The SMILES string of the molecule is C[C@@H]1COCCN1c1cc(-c2ccc(NC(=O)N3CCCC3)nc2)c(C=N)c(Nc2ccn[nH]2)n1. The molecular weight excluding hydrogens is 446 g/mol. The Morgan fingerprint density at radius 2 is 2.11 bits per heavy atom. The number of carbonyl (C=O) groups is 1. The van der Waals surface area contributed by atoms with Crippen LogP contribution >= 0.6 is 0 Å². The van der Waals surface area contributed by atoms with Crippen LogP contribution in [0.3, 0.4) is 0 Å². The van der Waals surface area contributed by atoms with E-state index in [-0.39, 0.29) is 12.1 Å². The van der Waals surface area contributed by atoms with Crippen molar-refractivity contribution < 1.29 is 9.53 Å². The number of pyridine rings is 2. The van der Waals surface area contributed by atoms with Crippen molar-refractivity contribution in [2.75, 3.05) is 48.4 Å². The average molecular weight is 476 g/mol. The molecule has 2 amide bonds. The normalized spacial score (nSPS) is 17.9. The van der Waals surface area contributed by atoms with E-state index in [0.717, 1.165) is 49.4 Å². The van der Waals surface area contributed by atoms with Crippen LogP contribution < -0.4 is 15.5 Å². The second kappa shape index (κ2) is 10.1. The molecule has 5 heterocycles. The number of urea groups is 1. The minimum absolute atomic E-state index is 0.124. The number of likely N-dealkylation sites (tertiary alicyclic amines) is 1. The molecule has 0 unspecified atom stereocenters. The second-order valence-corrected chi connectivity index (χ2v) is 8.70. The number of morpholine rings is 1. The first-order valence-corrected chi connectivity index (χ1v) is 11.8. The van der Waals surface area contributed by atoms with Crippen LogP contribution in [0, 0.1) is 5.41 Å². The maximum Gasteiger partial charge on any atom is 0.323 e. The zero-order valence-corrected chi connectivity index (χ0v) is 19.6. The number of aromatic amines is 1. The Balaban J connectivity index is 1.49. The molecule has 3 aromatic heterocycles. The van der Waals surface area contributed by atoms with Gasteiger partial charge in [0.1, 0.15) is 23.3 Å². The summed E-state index contributed by atoms with van der Waals surface area (Å²) in [5, 5.41) is 21.2. The van der Waals surface area contributed by atoms with E-state index in [9.17, 15) is 4.79 Å². The van der Waals surface area contributed by atoms with Gasteiger partial charge in [0.25, 0.3) is 0 Å². The van der Waals surface area contributed by atoms with Crippen molar-refractivity contribution in [2.45, 2.75) is 25.8 Å². The summed E-state index contributed by atoms with van der Waals surface area (Å²) in [4.78, 5) is 25.8. The fourth-order valence-electron chi connectivity index (χ4n) is 4.43. The molecule has 3 aromatic rings. The molecule has 2 saturated heterocycles. The van der Waals surface area contributed by atoms with Crippen LogP contribution in [0.5, 0.6) is 0 Å². The molecule has 1 atom stereocenters. The molecular formula is C24H29N9O2. The van der Waals surface area contributed by atoms with E-state index < -0.39 is 0 Å². The first-order valence-electron chi connectivity index (χ1n) is 11.8. The Kier molecular flexibility index (Phi) is 6.57. The smallest absolute Gasteiger partial charge is 0.323 e. The largest absolute Gasteiger partial charge is 0.377 e. The van der Waals surface area contributed by atoms with Crippen LogP contribution in [0.25, 0.3) is 11.1 Å². The van der Waals surface area contributed by atoms with Gasteiger partial charge in [0.05, 0.1) is 25.5 Å². The van der Waals surface area contributed by atoms with E-state index in [1.807, 2.05) is 12.1 Å². The topological polar surface area (TPSA) is 135 Å². The quantitative estimate of drug-likeness (QED) is 0.401. The van der Waals surface area contributed by atoms with Crippen molar-refractivity contribution in [3.63, 3.8) is 0 Å². The Morgan fingerprint density at radius 3 is 2.80 bits per heavy atom. The number of anilines is 4. The lowest BCUT2D eigenvalue weighted by molar-refractivity contribution is 0.0985. The van der Waals surface area contributed by atoms with Crippen LogP contribution in [0.4, 0.5) is 28.1 Å². The highest BCUT2D eigenvalue weighted by Gasteiger charge is 2.24. The van der Waals surface area contributed by atoms with Crippen LogP contribution in [-0.2, 0) is 4.74 Å². The lowest BCUT2D eigenvalue weighted by atomic mass is 10.0. The number of H-pyrrole nitrogens is 1. The third-order valence-corrected chi connectivity index (χ3v) is 6.31. The fraction of sp³-hybridized carbons (Fsp3) is 0.375.